The fraction of sp³-hybridized carbons (Fsp3) is 0.316. The van der Waals surface area contributed by atoms with Crippen molar-refractivity contribution in [2.75, 3.05) is 5.32 Å². The minimum atomic E-state index is -0.650. The maximum atomic E-state index is 12.6. The molecule has 0 unspecified atom stereocenters. The Labute approximate surface area is 155 Å². The Hall–Kier alpha value is -2.21. The predicted molar refractivity (Wildman–Crippen MR) is 101 cm³/mol. The summed E-state index contributed by atoms with van der Waals surface area (Å²) < 4.78 is 6.09. The van der Waals surface area contributed by atoms with Gasteiger partial charge in [-0.25, -0.2) is 9.78 Å². The summed E-state index contributed by atoms with van der Waals surface area (Å²) in [5.74, 6) is -0.526. The van der Waals surface area contributed by atoms with Crippen molar-refractivity contribution in [1.82, 2.24) is 4.98 Å². The minimum absolute atomic E-state index is 0.200. The van der Waals surface area contributed by atoms with Crippen LogP contribution in [0.1, 0.15) is 52.7 Å². The van der Waals surface area contributed by atoms with Crippen LogP contribution in [0.25, 0.3) is 0 Å². The van der Waals surface area contributed by atoms with Gasteiger partial charge >= 0.3 is 5.97 Å². The summed E-state index contributed by atoms with van der Waals surface area (Å²) in [5, 5.41) is 2.73. The van der Waals surface area contributed by atoms with Crippen molar-refractivity contribution >= 4 is 33.6 Å². The van der Waals surface area contributed by atoms with E-state index in [0.29, 0.717) is 10.3 Å². The lowest BCUT2D eigenvalue weighted by Crippen LogP contribution is -2.26. The smallest absolute Gasteiger partial charge is 0.339 e. The van der Waals surface area contributed by atoms with Crippen molar-refractivity contribution in [2.45, 2.75) is 40.2 Å². The highest BCUT2D eigenvalue weighted by Crippen LogP contribution is 2.21. The van der Waals surface area contributed by atoms with Crippen LogP contribution < -0.4 is 5.32 Å². The molecule has 25 heavy (non-hydrogen) atoms. The Bertz CT molecular complexity index is 826. The molecule has 1 heterocycles. The Morgan fingerprint density at radius 3 is 2.36 bits per heavy atom. The molecule has 6 heteroatoms. The van der Waals surface area contributed by atoms with Crippen LogP contribution in [0.4, 0.5) is 5.82 Å². The van der Waals surface area contributed by atoms with Gasteiger partial charge in [0, 0.05) is 10.2 Å². The molecule has 0 atom stereocenters. The zero-order chi connectivity index (χ0) is 18.8. The third kappa shape index (κ3) is 5.13. The van der Waals surface area contributed by atoms with Crippen LogP contribution >= 0.6 is 15.9 Å². The number of hydrogen-bond acceptors (Lipinski definition) is 4. The molecule has 132 valence electrons. The molecule has 0 radical (unpaired) electrons. The lowest BCUT2D eigenvalue weighted by molar-refractivity contribution is 0.00677. The predicted octanol–water partition coefficient (Wildman–Crippen LogP) is 4.67. The molecule has 0 spiro atoms. The van der Waals surface area contributed by atoms with E-state index in [-0.39, 0.29) is 11.1 Å². The van der Waals surface area contributed by atoms with E-state index in [4.69, 9.17) is 4.74 Å². The van der Waals surface area contributed by atoms with Gasteiger partial charge in [-0.05, 0) is 64.4 Å². The van der Waals surface area contributed by atoms with Crippen LogP contribution in [0, 0.1) is 13.8 Å². The SMILES string of the molecule is Cc1ccc(NC(=O)c2ccc(Br)cc2C(=O)OC(C)(C)C)nc1C. The average molecular weight is 405 g/mol. The highest BCUT2D eigenvalue weighted by molar-refractivity contribution is 9.10. The van der Waals surface area contributed by atoms with E-state index in [9.17, 15) is 9.59 Å². The number of anilines is 1. The molecular formula is C19H21BrN2O3. The van der Waals surface area contributed by atoms with Crippen molar-refractivity contribution in [1.29, 1.82) is 0 Å². The van der Waals surface area contributed by atoms with E-state index < -0.39 is 17.5 Å². The molecule has 0 aliphatic carbocycles. The van der Waals surface area contributed by atoms with Crippen LogP contribution in [0.2, 0.25) is 0 Å². The van der Waals surface area contributed by atoms with Crippen molar-refractivity contribution in [3.05, 3.63) is 57.2 Å². The van der Waals surface area contributed by atoms with Gasteiger partial charge in [-0.2, -0.15) is 0 Å². The molecule has 0 saturated carbocycles. The average Bonchev–Trinajstić information content (AvgIpc) is 2.49. The van der Waals surface area contributed by atoms with Gasteiger partial charge in [-0.15, -0.1) is 0 Å². The molecule has 0 bridgehead atoms. The number of aryl methyl sites for hydroxylation is 2. The standard InChI is InChI=1S/C19H21BrN2O3/c1-11-6-9-16(21-12(11)2)22-17(23)14-8-7-13(20)10-15(14)18(24)25-19(3,4)5/h6-10H,1-5H3,(H,21,22,23). The number of nitrogens with zero attached hydrogens (tertiary/aromatic N) is 1. The molecular weight excluding hydrogens is 384 g/mol. The Morgan fingerprint density at radius 2 is 1.76 bits per heavy atom. The fourth-order valence-corrected chi connectivity index (χ4v) is 2.46. The Kier molecular flexibility index (Phi) is 5.62. The molecule has 2 aromatic rings. The first kappa shape index (κ1) is 19.1. The Balaban J connectivity index is 2.32. The summed E-state index contributed by atoms with van der Waals surface area (Å²) in [6.45, 7) is 9.16. The van der Waals surface area contributed by atoms with Gasteiger partial charge in [0.1, 0.15) is 11.4 Å². The lowest BCUT2D eigenvalue weighted by atomic mass is 10.1. The summed E-state index contributed by atoms with van der Waals surface area (Å²) in [6, 6.07) is 8.48. The maximum absolute atomic E-state index is 12.6. The number of pyridine rings is 1. The van der Waals surface area contributed by atoms with Gasteiger partial charge < -0.3 is 10.1 Å². The second kappa shape index (κ2) is 7.35. The number of ether oxygens (including phenoxy) is 1. The van der Waals surface area contributed by atoms with Crippen molar-refractivity contribution in [2.24, 2.45) is 0 Å². The largest absolute Gasteiger partial charge is 0.456 e. The molecule has 0 fully saturated rings. The van der Waals surface area contributed by atoms with Gasteiger partial charge in [-0.1, -0.05) is 22.0 Å². The first-order chi connectivity index (χ1) is 11.6. The zero-order valence-electron chi connectivity index (χ0n) is 14.9. The van der Waals surface area contributed by atoms with Crippen LogP contribution in [-0.4, -0.2) is 22.5 Å². The van der Waals surface area contributed by atoms with E-state index in [1.54, 1.807) is 45.0 Å². The molecule has 1 amide bonds. The van der Waals surface area contributed by atoms with E-state index >= 15 is 0 Å². The van der Waals surface area contributed by atoms with Crippen molar-refractivity contribution < 1.29 is 14.3 Å². The number of esters is 1. The summed E-state index contributed by atoms with van der Waals surface area (Å²) in [6.07, 6.45) is 0. The number of benzene rings is 1. The normalized spacial score (nSPS) is 11.1. The van der Waals surface area contributed by atoms with Gasteiger partial charge in [-0.3, -0.25) is 4.79 Å². The van der Waals surface area contributed by atoms with E-state index in [1.165, 1.54) is 0 Å². The van der Waals surface area contributed by atoms with Crippen LogP contribution in [0.5, 0.6) is 0 Å². The number of amides is 1. The van der Waals surface area contributed by atoms with Crippen molar-refractivity contribution in [3.8, 4) is 0 Å². The first-order valence-corrected chi connectivity index (χ1v) is 8.64. The first-order valence-electron chi connectivity index (χ1n) is 7.85. The number of rotatable bonds is 3. The van der Waals surface area contributed by atoms with Crippen molar-refractivity contribution in [3.63, 3.8) is 0 Å². The fourth-order valence-electron chi connectivity index (χ4n) is 2.10. The molecule has 0 saturated heterocycles. The summed E-state index contributed by atoms with van der Waals surface area (Å²) >= 11 is 3.33. The summed E-state index contributed by atoms with van der Waals surface area (Å²) in [5.41, 5.74) is 1.66. The molecule has 2 rings (SSSR count). The highest BCUT2D eigenvalue weighted by atomic mass is 79.9. The van der Waals surface area contributed by atoms with Crippen LogP contribution in [0.3, 0.4) is 0 Å². The maximum Gasteiger partial charge on any atom is 0.339 e. The topological polar surface area (TPSA) is 68.3 Å². The van der Waals surface area contributed by atoms with Gasteiger partial charge in [0.25, 0.3) is 5.91 Å². The minimum Gasteiger partial charge on any atom is -0.456 e. The molecule has 1 aromatic carbocycles. The third-order valence-electron chi connectivity index (χ3n) is 3.44. The Morgan fingerprint density at radius 1 is 1.08 bits per heavy atom. The molecule has 1 N–H and O–H groups in total. The van der Waals surface area contributed by atoms with E-state index in [1.807, 2.05) is 19.9 Å². The number of carbonyl (C=O) groups is 2. The highest BCUT2D eigenvalue weighted by Gasteiger charge is 2.23. The molecule has 5 nitrogen and oxygen atoms in total. The number of aromatic nitrogens is 1. The van der Waals surface area contributed by atoms with Gasteiger partial charge in [0.05, 0.1) is 11.1 Å². The van der Waals surface area contributed by atoms with Crippen LogP contribution in [-0.2, 0) is 4.74 Å². The van der Waals surface area contributed by atoms with Crippen LogP contribution in [0.15, 0.2) is 34.8 Å². The summed E-state index contributed by atoms with van der Waals surface area (Å²) in [4.78, 5) is 29.4. The monoisotopic (exact) mass is 404 g/mol. The lowest BCUT2D eigenvalue weighted by Gasteiger charge is -2.20. The second-order valence-corrected chi connectivity index (χ2v) is 7.66. The number of nitrogens with one attached hydrogen (secondary N) is 1. The molecule has 1 aromatic heterocycles. The van der Waals surface area contributed by atoms with Gasteiger partial charge in [0.2, 0.25) is 0 Å². The number of carbonyl (C=O) groups excluding carboxylic acids is 2. The second-order valence-electron chi connectivity index (χ2n) is 6.74. The third-order valence-corrected chi connectivity index (χ3v) is 3.93. The molecule has 0 aliphatic heterocycles. The van der Waals surface area contributed by atoms with E-state index in [0.717, 1.165) is 11.3 Å². The van der Waals surface area contributed by atoms with Gasteiger partial charge in [0.15, 0.2) is 0 Å². The van der Waals surface area contributed by atoms with E-state index in [2.05, 4.69) is 26.2 Å². The summed E-state index contributed by atoms with van der Waals surface area (Å²) in [7, 11) is 0. The number of halogens is 1. The number of hydrogen-bond donors (Lipinski definition) is 1. The molecule has 0 aliphatic rings. The quantitative estimate of drug-likeness (QED) is 0.754. The zero-order valence-corrected chi connectivity index (χ0v) is 16.5.